The maximum atomic E-state index is 10.6. The molecule has 0 radical (unpaired) electrons. The zero-order valence-electron chi connectivity index (χ0n) is 6.03. The van der Waals surface area contributed by atoms with E-state index in [1.807, 2.05) is 0 Å². The second-order valence-electron chi connectivity index (χ2n) is 1.78. The van der Waals surface area contributed by atoms with Crippen LogP contribution >= 0.6 is 0 Å². The first-order valence-electron chi connectivity index (χ1n) is 2.69. The van der Waals surface area contributed by atoms with Crippen LogP contribution in [0.25, 0.3) is 0 Å². The van der Waals surface area contributed by atoms with Crippen LogP contribution in [0.1, 0.15) is 10.4 Å². The summed E-state index contributed by atoms with van der Waals surface area (Å²) in [7, 11) is 0. The quantitative estimate of drug-likeness (QED) is 0.524. The first-order valence-corrected chi connectivity index (χ1v) is 2.69. The summed E-state index contributed by atoms with van der Waals surface area (Å²) in [6.07, 6.45) is 0. The van der Waals surface area contributed by atoms with Crippen LogP contribution in [0.4, 0.5) is 0 Å². The number of carbonyl (C=O) groups is 1. The Morgan fingerprint density at radius 2 is 1.82 bits per heavy atom. The minimum absolute atomic E-state index is 0. The van der Waals surface area contributed by atoms with Gasteiger partial charge in [-0.05, 0) is 5.56 Å². The number of carboxylic acids is 1. The van der Waals surface area contributed by atoms with E-state index >= 15 is 0 Å². The normalized spacial score (nSPS) is 8.36. The SMILES string of the molecule is O=C([O-])c1ccccc1[O-].[Cs+]. The molecule has 0 spiro atoms. The molecule has 0 N–H and O–H groups in total. The molecule has 3 nitrogen and oxygen atoms in total. The van der Waals surface area contributed by atoms with Crippen LogP contribution in [-0.4, -0.2) is 5.97 Å². The van der Waals surface area contributed by atoms with Crippen LogP contribution in [0.3, 0.4) is 0 Å². The summed E-state index contributed by atoms with van der Waals surface area (Å²) in [4.78, 5) is 10.1. The van der Waals surface area contributed by atoms with Gasteiger partial charge in [-0.1, -0.05) is 30.0 Å². The summed E-state index contributed by atoms with van der Waals surface area (Å²) >= 11 is 0. The molecule has 0 heterocycles. The Kier molecular flexibility index (Phi) is 5.49. The van der Waals surface area contributed by atoms with Gasteiger partial charge in [0.05, 0.1) is 5.97 Å². The molecule has 4 heteroatoms. The molecule has 0 unspecified atom stereocenters. The molecule has 1 aromatic rings. The molecule has 0 aliphatic heterocycles. The Balaban J connectivity index is 0.000001000. The Morgan fingerprint density at radius 1 is 1.27 bits per heavy atom. The smallest absolute Gasteiger partial charge is 0.872 e. The van der Waals surface area contributed by atoms with Crippen molar-refractivity contribution < 1.29 is 83.9 Å². The number of benzene rings is 1. The first-order chi connectivity index (χ1) is 4.72. The molecule has 1 aromatic carbocycles. The largest absolute Gasteiger partial charge is 1.00 e. The third kappa shape index (κ3) is 3.18. The van der Waals surface area contributed by atoms with E-state index in [0.29, 0.717) is 0 Å². The predicted molar refractivity (Wildman–Crippen MR) is 30.2 cm³/mol. The fourth-order valence-corrected chi connectivity index (χ4v) is 0.635. The van der Waals surface area contributed by atoms with Gasteiger partial charge in [0, 0.05) is 0 Å². The fourth-order valence-electron chi connectivity index (χ4n) is 0.635. The average molecular weight is 269 g/mol. The van der Waals surface area contributed by atoms with Gasteiger partial charge in [-0.2, -0.15) is 0 Å². The van der Waals surface area contributed by atoms with Crippen molar-refractivity contribution in [3.05, 3.63) is 29.8 Å². The standard InChI is InChI=1S/C7H6O3.Cs/c8-6-4-2-1-3-5(6)7(9)10;/h1-4,8H,(H,9,10);/q;+1/p-2. The fraction of sp³-hybridized carbons (Fsp3) is 0. The Bertz CT molecular complexity index is 260. The topological polar surface area (TPSA) is 63.2 Å². The minimum atomic E-state index is -1.43. The average Bonchev–Trinajstić information content (AvgIpc) is 1.88. The van der Waals surface area contributed by atoms with E-state index in [2.05, 4.69) is 0 Å². The van der Waals surface area contributed by atoms with Crippen molar-refractivity contribution >= 4 is 5.97 Å². The van der Waals surface area contributed by atoms with E-state index in [0.717, 1.165) is 0 Å². The van der Waals surface area contributed by atoms with E-state index in [4.69, 9.17) is 0 Å². The molecule has 52 valence electrons. The van der Waals surface area contributed by atoms with Gasteiger partial charge >= 0.3 is 68.9 Å². The summed E-state index contributed by atoms with van der Waals surface area (Å²) in [6.45, 7) is 0. The summed E-state index contributed by atoms with van der Waals surface area (Å²) in [5.41, 5.74) is -0.289. The van der Waals surface area contributed by atoms with Gasteiger partial charge < -0.3 is 15.0 Å². The van der Waals surface area contributed by atoms with E-state index in [1.54, 1.807) is 0 Å². The maximum Gasteiger partial charge on any atom is 1.00 e. The molecule has 0 saturated carbocycles. The van der Waals surface area contributed by atoms with Crippen molar-refractivity contribution in [3.63, 3.8) is 0 Å². The zero-order valence-corrected chi connectivity index (χ0v) is 12.3. The molecule has 0 aliphatic carbocycles. The molecule has 0 aromatic heterocycles. The summed E-state index contributed by atoms with van der Waals surface area (Å²) in [5.74, 6) is -1.94. The molecule has 1 rings (SSSR count). The number of rotatable bonds is 1. The van der Waals surface area contributed by atoms with E-state index in [1.165, 1.54) is 24.3 Å². The molecule has 0 atom stereocenters. The number of para-hydroxylation sites is 1. The molecule has 0 saturated heterocycles. The second kappa shape index (κ2) is 5.23. The van der Waals surface area contributed by atoms with Crippen LogP contribution in [0, 0.1) is 0 Å². The number of hydrogen-bond donors (Lipinski definition) is 0. The summed E-state index contributed by atoms with van der Waals surface area (Å²) in [5, 5.41) is 20.8. The maximum absolute atomic E-state index is 10.6. The summed E-state index contributed by atoms with van der Waals surface area (Å²) < 4.78 is 0. The number of aromatic carboxylic acids is 1. The Morgan fingerprint density at radius 3 is 2.18 bits per heavy atom. The van der Waals surface area contributed by atoms with Gasteiger partial charge in [0.1, 0.15) is 0 Å². The molecular formula is C7H4CsO3-. The van der Waals surface area contributed by atoms with Crippen molar-refractivity contribution in [3.8, 4) is 5.75 Å². The van der Waals surface area contributed by atoms with Crippen LogP contribution in [-0.2, 0) is 0 Å². The number of carboxylic acid groups (broad SMARTS) is 1. The van der Waals surface area contributed by atoms with Crippen LogP contribution in [0.5, 0.6) is 5.75 Å². The first kappa shape index (κ1) is 11.5. The predicted octanol–water partition coefficient (Wildman–Crippen LogP) is -3.87. The molecule has 0 bridgehead atoms. The molecule has 0 aliphatic rings. The van der Waals surface area contributed by atoms with Crippen molar-refractivity contribution in [2.24, 2.45) is 0 Å². The van der Waals surface area contributed by atoms with Crippen molar-refractivity contribution in [1.29, 1.82) is 0 Å². The van der Waals surface area contributed by atoms with Gasteiger partial charge in [-0.25, -0.2) is 0 Å². The van der Waals surface area contributed by atoms with Crippen LogP contribution in [0.2, 0.25) is 0 Å². The second-order valence-corrected chi connectivity index (χ2v) is 1.78. The molecular weight excluding hydrogens is 265 g/mol. The number of hydrogen-bond acceptors (Lipinski definition) is 3. The van der Waals surface area contributed by atoms with Gasteiger partial charge in [0.25, 0.3) is 0 Å². The third-order valence-corrected chi connectivity index (χ3v) is 1.11. The zero-order chi connectivity index (χ0) is 7.56. The van der Waals surface area contributed by atoms with Crippen molar-refractivity contribution in [1.82, 2.24) is 0 Å². The van der Waals surface area contributed by atoms with E-state index in [-0.39, 0.29) is 74.5 Å². The van der Waals surface area contributed by atoms with Gasteiger partial charge in [-0.15, -0.1) is 0 Å². The van der Waals surface area contributed by atoms with E-state index in [9.17, 15) is 15.0 Å². The Labute approximate surface area is 123 Å². The van der Waals surface area contributed by atoms with Gasteiger partial charge in [0.2, 0.25) is 0 Å². The summed E-state index contributed by atoms with van der Waals surface area (Å²) in [6, 6.07) is 5.37. The Hall–Kier alpha value is 0.542. The van der Waals surface area contributed by atoms with Gasteiger partial charge in [-0.3, -0.25) is 0 Å². The van der Waals surface area contributed by atoms with Crippen LogP contribution in [0.15, 0.2) is 24.3 Å². The minimum Gasteiger partial charge on any atom is -0.872 e. The van der Waals surface area contributed by atoms with E-state index < -0.39 is 11.7 Å². The molecule has 0 amide bonds. The van der Waals surface area contributed by atoms with Gasteiger partial charge in [0.15, 0.2) is 0 Å². The van der Waals surface area contributed by atoms with Crippen LogP contribution < -0.4 is 79.1 Å². The number of carbonyl (C=O) groups excluding carboxylic acids is 1. The molecule has 0 fully saturated rings. The molecule has 11 heavy (non-hydrogen) atoms. The van der Waals surface area contributed by atoms with Crippen molar-refractivity contribution in [2.75, 3.05) is 0 Å². The monoisotopic (exact) mass is 269 g/mol. The van der Waals surface area contributed by atoms with Crippen molar-refractivity contribution in [2.45, 2.75) is 0 Å². The third-order valence-electron chi connectivity index (χ3n) is 1.11.